The van der Waals surface area contributed by atoms with E-state index in [1.165, 1.54) is 0 Å². The number of likely N-dealkylation sites (tertiary alicyclic amines) is 1. The zero-order chi connectivity index (χ0) is 20.8. The van der Waals surface area contributed by atoms with Crippen LogP contribution in [0.4, 0.5) is 9.59 Å². The summed E-state index contributed by atoms with van der Waals surface area (Å²) >= 11 is 0. The lowest BCUT2D eigenvalue weighted by Crippen LogP contribution is -2.48. The molecule has 0 radical (unpaired) electrons. The molecule has 1 saturated heterocycles. The Bertz CT molecular complexity index is 652. The smallest absolute Gasteiger partial charge is 0.410 e. The summed E-state index contributed by atoms with van der Waals surface area (Å²) in [5, 5.41) is 2.96. The first kappa shape index (κ1) is 22.1. The molecule has 6 heteroatoms. The molecule has 0 saturated carbocycles. The van der Waals surface area contributed by atoms with Crippen molar-refractivity contribution < 1.29 is 19.1 Å². The minimum absolute atomic E-state index is 0.249. The van der Waals surface area contributed by atoms with Gasteiger partial charge < -0.3 is 19.7 Å². The molecule has 1 aromatic carbocycles. The molecule has 1 heterocycles. The number of ether oxygens (including phenoxy) is 2. The average molecular weight is 391 g/mol. The van der Waals surface area contributed by atoms with E-state index in [4.69, 9.17) is 9.47 Å². The van der Waals surface area contributed by atoms with Crippen molar-refractivity contribution in [3.05, 3.63) is 35.9 Å². The zero-order valence-corrected chi connectivity index (χ0v) is 17.8. The molecular formula is C22H34N2O4. The fourth-order valence-electron chi connectivity index (χ4n) is 3.53. The van der Waals surface area contributed by atoms with Crippen molar-refractivity contribution in [1.29, 1.82) is 0 Å². The largest absolute Gasteiger partial charge is 0.445 e. The highest BCUT2D eigenvalue weighted by molar-refractivity contribution is 5.68. The molecule has 1 atom stereocenters. The number of alkyl carbamates (subject to hydrolysis) is 1. The third kappa shape index (κ3) is 7.79. The third-order valence-electron chi connectivity index (χ3n) is 4.62. The van der Waals surface area contributed by atoms with E-state index in [1.54, 1.807) is 4.90 Å². The van der Waals surface area contributed by atoms with Gasteiger partial charge in [0.15, 0.2) is 0 Å². The minimum atomic E-state index is -0.493. The number of hydrogen-bond donors (Lipinski definition) is 1. The van der Waals surface area contributed by atoms with Gasteiger partial charge in [-0.1, -0.05) is 30.3 Å². The summed E-state index contributed by atoms with van der Waals surface area (Å²) in [6, 6.07) is 9.61. The number of nitrogens with zero attached hydrogens (tertiary/aromatic N) is 1. The molecule has 0 aromatic heterocycles. The van der Waals surface area contributed by atoms with Crippen molar-refractivity contribution in [3.63, 3.8) is 0 Å². The Kier molecular flexibility index (Phi) is 7.33. The van der Waals surface area contributed by atoms with Crippen LogP contribution in [-0.4, -0.2) is 41.3 Å². The normalized spacial score (nSPS) is 17.8. The highest BCUT2D eigenvalue weighted by Crippen LogP contribution is 2.26. The fourth-order valence-corrected chi connectivity index (χ4v) is 3.53. The predicted octanol–water partition coefficient (Wildman–Crippen LogP) is 4.73. The minimum Gasteiger partial charge on any atom is -0.445 e. The van der Waals surface area contributed by atoms with Crippen molar-refractivity contribution in [2.45, 2.75) is 71.6 Å². The number of carbonyl (C=O) groups is 2. The van der Waals surface area contributed by atoms with Crippen LogP contribution in [0.3, 0.4) is 0 Å². The van der Waals surface area contributed by atoms with E-state index >= 15 is 0 Å². The van der Waals surface area contributed by atoms with E-state index in [9.17, 15) is 9.59 Å². The lowest BCUT2D eigenvalue weighted by molar-refractivity contribution is 0.0146. The quantitative estimate of drug-likeness (QED) is 0.789. The van der Waals surface area contributed by atoms with Crippen LogP contribution in [0.2, 0.25) is 0 Å². The second-order valence-corrected chi connectivity index (χ2v) is 9.21. The third-order valence-corrected chi connectivity index (χ3v) is 4.62. The van der Waals surface area contributed by atoms with Crippen LogP contribution in [0, 0.1) is 5.92 Å². The van der Waals surface area contributed by atoms with E-state index in [-0.39, 0.29) is 12.7 Å². The van der Waals surface area contributed by atoms with Crippen LogP contribution in [0.15, 0.2) is 30.3 Å². The molecule has 1 aromatic rings. The van der Waals surface area contributed by atoms with E-state index < -0.39 is 17.2 Å². The van der Waals surface area contributed by atoms with Crippen LogP contribution >= 0.6 is 0 Å². The summed E-state index contributed by atoms with van der Waals surface area (Å²) in [4.78, 5) is 26.3. The second kappa shape index (κ2) is 9.30. The molecule has 156 valence electrons. The van der Waals surface area contributed by atoms with E-state index in [1.807, 2.05) is 65.0 Å². The maximum atomic E-state index is 12.3. The fraction of sp³-hybridized carbons (Fsp3) is 0.636. The molecule has 2 rings (SSSR count). The summed E-state index contributed by atoms with van der Waals surface area (Å²) in [5.74, 6) is 0.311. The molecular weight excluding hydrogens is 356 g/mol. The van der Waals surface area contributed by atoms with Crippen molar-refractivity contribution >= 4 is 12.2 Å². The van der Waals surface area contributed by atoms with Crippen LogP contribution in [0.1, 0.15) is 59.4 Å². The molecule has 2 amide bonds. The first-order chi connectivity index (χ1) is 13.0. The van der Waals surface area contributed by atoms with Gasteiger partial charge in [-0.15, -0.1) is 0 Å². The first-order valence-corrected chi connectivity index (χ1v) is 10.0. The standard InChI is InChI=1S/C22H34N2O4/c1-21(2,3)28-20(26)24-13-9-12-18(15-24)14-22(4,5)23-19(25)27-16-17-10-7-6-8-11-17/h6-8,10-11,18H,9,12-16H2,1-5H3,(H,23,25)/t18-/m1/s1. The number of rotatable bonds is 5. The first-order valence-electron chi connectivity index (χ1n) is 10.0. The van der Waals surface area contributed by atoms with E-state index in [2.05, 4.69) is 5.32 Å². The molecule has 0 spiro atoms. The Labute approximate surface area is 168 Å². The van der Waals surface area contributed by atoms with Gasteiger partial charge in [0.05, 0.1) is 0 Å². The molecule has 6 nitrogen and oxygen atoms in total. The van der Waals surface area contributed by atoms with Crippen molar-refractivity contribution in [1.82, 2.24) is 10.2 Å². The SMILES string of the molecule is CC(C)(C[C@H]1CCCN(C(=O)OC(C)(C)C)C1)NC(=O)OCc1ccccc1. The summed E-state index contributed by atoms with van der Waals surface area (Å²) in [6.45, 7) is 11.2. The van der Waals surface area contributed by atoms with Gasteiger partial charge in [-0.2, -0.15) is 0 Å². The summed E-state index contributed by atoms with van der Waals surface area (Å²) in [6.07, 6.45) is 2.06. The van der Waals surface area contributed by atoms with Gasteiger partial charge >= 0.3 is 12.2 Å². The summed E-state index contributed by atoms with van der Waals surface area (Å²) in [5.41, 5.74) is 0.0404. The van der Waals surface area contributed by atoms with Gasteiger partial charge in [0.25, 0.3) is 0 Å². The van der Waals surface area contributed by atoms with E-state index in [0.717, 1.165) is 31.4 Å². The van der Waals surface area contributed by atoms with Gasteiger partial charge in [0.2, 0.25) is 0 Å². The van der Waals surface area contributed by atoms with Gasteiger partial charge in [-0.25, -0.2) is 9.59 Å². The maximum Gasteiger partial charge on any atom is 0.410 e. The summed E-state index contributed by atoms with van der Waals surface area (Å²) in [7, 11) is 0. The Balaban J connectivity index is 1.81. The zero-order valence-electron chi connectivity index (χ0n) is 17.8. The predicted molar refractivity (Wildman–Crippen MR) is 109 cm³/mol. The highest BCUT2D eigenvalue weighted by Gasteiger charge is 2.32. The maximum absolute atomic E-state index is 12.3. The molecule has 1 N–H and O–H groups in total. The van der Waals surface area contributed by atoms with Crippen molar-refractivity contribution in [3.8, 4) is 0 Å². The van der Waals surface area contributed by atoms with Crippen molar-refractivity contribution in [2.75, 3.05) is 13.1 Å². The van der Waals surface area contributed by atoms with Crippen LogP contribution < -0.4 is 5.32 Å². The molecule has 28 heavy (non-hydrogen) atoms. The topological polar surface area (TPSA) is 67.9 Å². The summed E-state index contributed by atoms with van der Waals surface area (Å²) < 4.78 is 10.8. The van der Waals surface area contributed by atoms with E-state index in [0.29, 0.717) is 12.5 Å². The second-order valence-electron chi connectivity index (χ2n) is 9.21. The van der Waals surface area contributed by atoms with Crippen LogP contribution in [0.5, 0.6) is 0 Å². The Morgan fingerprint density at radius 3 is 2.46 bits per heavy atom. The highest BCUT2D eigenvalue weighted by atomic mass is 16.6. The number of nitrogens with one attached hydrogen (secondary N) is 1. The lowest BCUT2D eigenvalue weighted by atomic mass is 9.85. The monoisotopic (exact) mass is 390 g/mol. The molecule has 1 fully saturated rings. The number of amides is 2. The number of carbonyl (C=O) groups excluding carboxylic acids is 2. The number of hydrogen-bond acceptors (Lipinski definition) is 4. The number of piperidine rings is 1. The average Bonchev–Trinajstić information content (AvgIpc) is 2.59. The van der Waals surface area contributed by atoms with Crippen molar-refractivity contribution in [2.24, 2.45) is 5.92 Å². The Morgan fingerprint density at radius 2 is 1.82 bits per heavy atom. The molecule has 0 aliphatic carbocycles. The van der Waals surface area contributed by atoms with Gasteiger partial charge in [-0.05, 0) is 65.4 Å². The van der Waals surface area contributed by atoms with Gasteiger partial charge in [0.1, 0.15) is 12.2 Å². The molecule has 1 aliphatic rings. The Hall–Kier alpha value is -2.24. The van der Waals surface area contributed by atoms with Gasteiger partial charge in [0, 0.05) is 18.6 Å². The molecule has 0 unspecified atom stereocenters. The van der Waals surface area contributed by atoms with Gasteiger partial charge in [-0.3, -0.25) is 0 Å². The molecule has 1 aliphatic heterocycles. The van der Waals surface area contributed by atoms with Crippen LogP contribution in [0.25, 0.3) is 0 Å². The Morgan fingerprint density at radius 1 is 1.14 bits per heavy atom. The number of benzene rings is 1. The lowest BCUT2D eigenvalue weighted by Gasteiger charge is -2.37. The molecule has 0 bridgehead atoms. The van der Waals surface area contributed by atoms with Crippen LogP contribution in [-0.2, 0) is 16.1 Å².